The second-order valence-electron chi connectivity index (χ2n) is 4.30. The molecule has 0 aliphatic rings. The molecule has 0 unspecified atom stereocenters. The van der Waals surface area contributed by atoms with Crippen molar-refractivity contribution in [1.82, 2.24) is 0 Å². The smallest absolute Gasteiger partial charge is 0.129 e. The molecule has 0 saturated carbocycles. The van der Waals surface area contributed by atoms with Crippen LogP contribution in [0.25, 0.3) is 6.08 Å². The van der Waals surface area contributed by atoms with Gasteiger partial charge in [0.2, 0.25) is 0 Å². The molecule has 0 saturated heterocycles. The zero-order valence-corrected chi connectivity index (χ0v) is 11.2. The van der Waals surface area contributed by atoms with Crippen molar-refractivity contribution in [2.24, 2.45) is 0 Å². The fourth-order valence-electron chi connectivity index (χ4n) is 1.92. The van der Waals surface area contributed by atoms with Crippen LogP contribution in [0, 0.1) is 0 Å². The molecule has 94 valence electrons. The molecule has 0 N–H and O–H groups in total. The first-order valence-electron chi connectivity index (χ1n) is 6.70. The fourth-order valence-corrected chi connectivity index (χ4v) is 1.92. The molecule has 0 radical (unpaired) electrons. The Balaban J connectivity index is 2.58. The van der Waals surface area contributed by atoms with E-state index < -0.39 is 0 Å². The van der Waals surface area contributed by atoms with Gasteiger partial charge in [0.1, 0.15) is 5.75 Å². The molecule has 0 aliphatic heterocycles. The van der Waals surface area contributed by atoms with Crippen molar-refractivity contribution in [3.63, 3.8) is 0 Å². The Bertz CT molecular complexity index is 341. The van der Waals surface area contributed by atoms with E-state index in [1.165, 1.54) is 24.8 Å². The lowest BCUT2D eigenvalue weighted by Crippen LogP contribution is -2.01. The first kappa shape index (κ1) is 13.8. The van der Waals surface area contributed by atoms with Crippen molar-refractivity contribution in [2.75, 3.05) is 6.61 Å². The monoisotopic (exact) mass is 232 g/mol. The molecular weight excluding hydrogens is 208 g/mol. The van der Waals surface area contributed by atoms with Gasteiger partial charge in [0.25, 0.3) is 0 Å². The summed E-state index contributed by atoms with van der Waals surface area (Å²) in [6, 6.07) is 6.27. The Kier molecular flexibility index (Phi) is 6.46. The van der Waals surface area contributed by atoms with Gasteiger partial charge in [0.15, 0.2) is 0 Å². The van der Waals surface area contributed by atoms with Gasteiger partial charge in [-0.05, 0) is 18.4 Å². The van der Waals surface area contributed by atoms with E-state index >= 15 is 0 Å². The number of unbranched alkanes of at least 4 members (excludes halogenated alkanes) is 3. The third-order valence-corrected chi connectivity index (χ3v) is 2.97. The van der Waals surface area contributed by atoms with Crippen LogP contribution in [0.5, 0.6) is 5.75 Å². The quantitative estimate of drug-likeness (QED) is 0.582. The molecule has 0 fully saturated rings. The topological polar surface area (TPSA) is 9.23 Å². The summed E-state index contributed by atoms with van der Waals surface area (Å²) < 4.78 is 5.93. The van der Waals surface area contributed by atoms with Gasteiger partial charge in [-0.25, -0.2) is 0 Å². The first-order valence-corrected chi connectivity index (χ1v) is 6.70. The lowest BCUT2D eigenvalue weighted by Gasteiger charge is -2.13. The molecular formula is C16H24O. The van der Waals surface area contributed by atoms with Gasteiger partial charge in [-0.3, -0.25) is 0 Å². The third-order valence-electron chi connectivity index (χ3n) is 2.97. The molecule has 1 aromatic rings. The molecule has 0 aliphatic carbocycles. The van der Waals surface area contributed by atoms with Crippen LogP contribution in [0.3, 0.4) is 0 Å². The number of para-hydroxylation sites is 1. The molecule has 1 nitrogen and oxygen atoms in total. The molecule has 0 amide bonds. The molecule has 1 aromatic carbocycles. The maximum absolute atomic E-state index is 5.93. The Morgan fingerprint density at radius 3 is 2.65 bits per heavy atom. The summed E-state index contributed by atoms with van der Waals surface area (Å²) in [5.74, 6) is 1.03. The number of hydrogen-bond acceptors (Lipinski definition) is 1. The van der Waals surface area contributed by atoms with Crippen LogP contribution in [0.1, 0.15) is 50.7 Å². The SMILES string of the molecule is C=Cc1cccc(CC)c1OCCCCCC. The van der Waals surface area contributed by atoms with Crippen molar-refractivity contribution >= 4 is 6.08 Å². The minimum absolute atomic E-state index is 0.817. The number of benzene rings is 1. The number of hydrogen-bond donors (Lipinski definition) is 0. The Morgan fingerprint density at radius 1 is 1.18 bits per heavy atom. The fraction of sp³-hybridized carbons (Fsp3) is 0.500. The largest absolute Gasteiger partial charge is 0.493 e. The summed E-state index contributed by atoms with van der Waals surface area (Å²) in [7, 11) is 0. The molecule has 0 spiro atoms. The number of rotatable bonds is 8. The highest BCUT2D eigenvalue weighted by Crippen LogP contribution is 2.25. The lowest BCUT2D eigenvalue weighted by atomic mass is 10.1. The molecule has 0 aromatic heterocycles. The highest BCUT2D eigenvalue weighted by atomic mass is 16.5. The predicted octanol–water partition coefficient (Wildman–Crippen LogP) is 4.85. The van der Waals surface area contributed by atoms with E-state index in [-0.39, 0.29) is 0 Å². The number of ether oxygens (including phenoxy) is 1. The van der Waals surface area contributed by atoms with E-state index in [1.807, 2.05) is 6.08 Å². The van der Waals surface area contributed by atoms with Gasteiger partial charge in [0, 0.05) is 5.56 Å². The van der Waals surface area contributed by atoms with Gasteiger partial charge in [-0.1, -0.05) is 64.0 Å². The maximum Gasteiger partial charge on any atom is 0.129 e. The zero-order chi connectivity index (χ0) is 12.5. The molecule has 1 rings (SSSR count). The van der Waals surface area contributed by atoms with Crippen LogP contribution < -0.4 is 4.74 Å². The van der Waals surface area contributed by atoms with E-state index in [2.05, 4.69) is 38.6 Å². The van der Waals surface area contributed by atoms with E-state index in [4.69, 9.17) is 4.74 Å². The molecule has 0 atom stereocenters. The van der Waals surface area contributed by atoms with E-state index in [1.54, 1.807) is 0 Å². The summed E-state index contributed by atoms with van der Waals surface area (Å²) in [4.78, 5) is 0. The first-order chi connectivity index (χ1) is 8.33. The molecule has 1 heteroatoms. The van der Waals surface area contributed by atoms with Gasteiger partial charge in [0.05, 0.1) is 6.61 Å². The Labute approximate surface area is 106 Å². The van der Waals surface area contributed by atoms with Crippen LogP contribution in [0.2, 0.25) is 0 Å². The zero-order valence-electron chi connectivity index (χ0n) is 11.2. The summed E-state index contributed by atoms with van der Waals surface area (Å²) >= 11 is 0. The second-order valence-corrected chi connectivity index (χ2v) is 4.30. The predicted molar refractivity (Wildman–Crippen MR) is 75.5 cm³/mol. The van der Waals surface area contributed by atoms with Crippen LogP contribution >= 0.6 is 0 Å². The minimum atomic E-state index is 0.817. The van der Waals surface area contributed by atoms with Crippen LogP contribution in [-0.2, 0) is 6.42 Å². The number of aryl methyl sites for hydroxylation is 1. The van der Waals surface area contributed by atoms with E-state index in [0.717, 1.165) is 30.8 Å². The van der Waals surface area contributed by atoms with Crippen LogP contribution in [-0.4, -0.2) is 6.61 Å². The van der Waals surface area contributed by atoms with E-state index in [0.29, 0.717) is 0 Å². The standard InChI is InChI=1S/C16H24O/c1-4-7-8-9-13-17-16-14(5-2)11-10-12-15(16)6-3/h5,10-12H,2,4,6-9,13H2,1,3H3. The highest BCUT2D eigenvalue weighted by Gasteiger charge is 2.05. The maximum atomic E-state index is 5.93. The van der Waals surface area contributed by atoms with Gasteiger partial charge >= 0.3 is 0 Å². The molecule has 17 heavy (non-hydrogen) atoms. The van der Waals surface area contributed by atoms with Gasteiger partial charge in [-0.2, -0.15) is 0 Å². The van der Waals surface area contributed by atoms with Crippen LogP contribution in [0.15, 0.2) is 24.8 Å². The average molecular weight is 232 g/mol. The second kappa shape index (κ2) is 7.94. The van der Waals surface area contributed by atoms with Crippen molar-refractivity contribution in [3.8, 4) is 5.75 Å². The lowest BCUT2D eigenvalue weighted by molar-refractivity contribution is 0.301. The Morgan fingerprint density at radius 2 is 2.00 bits per heavy atom. The average Bonchev–Trinajstić information content (AvgIpc) is 2.38. The normalized spacial score (nSPS) is 10.2. The Hall–Kier alpha value is -1.24. The molecule has 0 bridgehead atoms. The summed E-state index contributed by atoms with van der Waals surface area (Å²) in [5.41, 5.74) is 2.39. The van der Waals surface area contributed by atoms with Crippen molar-refractivity contribution in [1.29, 1.82) is 0 Å². The van der Waals surface area contributed by atoms with Crippen molar-refractivity contribution < 1.29 is 4.74 Å². The highest BCUT2D eigenvalue weighted by molar-refractivity contribution is 5.58. The molecule has 0 heterocycles. The summed E-state index contributed by atoms with van der Waals surface area (Å²) in [5, 5.41) is 0. The minimum Gasteiger partial charge on any atom is -0.493 e. The summed E-state index contributed by atoms with van der Waals surface area (Å²) in [6.45, 7) is 9.05. The third kappa shape index (κ3) is 4.26. The van der Waals surface area contributed by atoms with Crippen LogP contribution in [0.4, 0.5) is 0 Å². The summed E-state index contributed by atoms with van der Waals surface area (Å²) in [6.07, 6.45) is 7.85. The van der Waals surface area contributed by atoms with Crippen molar-refractivity contribution in [2.45, 2.75) is 46.0 Å². The van der Waals surface area contributed by atoms with Crippen molar-refractivity contribution in [3.05, 3.63) is 35.9 Å². The van der Waals surface area contributed by atoms with Gasteiger partial charge < -0.3 is 4.74 Å². The van der Waals surface area contributed by atoms with E-state index in [9.17, 15) is 0 Å². The van der Waals surface area contributed by atoms with Gasteiger partial charge in [-0.15, -0.1) is 0 Å².